The van der Waals surface area contributed by atoms with Crippen molar-refractivity contribution in [2.75, 3.05) is 0 Å². The molecular weight excluding hydrogens is 258 g/mol. The minimum Gasteiger partial charge on any atom is -0.306 e. The summed E-state index contributed by atoms with van der Waals surface area (Å²) in [5.41, 5.74) is 4.62. The van der Waals surface area contributed by atoms with Crippen molar-refractivity contribution >= 4 is 11.6 Å². The van der Waals surface area contributed by atoms with Crippen LogP contribution in [-0.4, -0.2) is 9.78 Å². The van der Waals surface area contributed by atoms with Crippen molar-refractivity contribution in [3.8, 4) is 0 Å². The average molecular weight is 278 g/mol. The van der Waals surface area contributed by atoms with E-state index in [-0.39, 0.29) is 6.04 Å². The third-order valence-electron chi connectivity index (χ3n) is 3.43. The Morgan fingerprint density at radius 2 is 1.89 bits per heavy atom. The van der Waals surface area contributed by atoms with Crippen molar-refractivity contribution in [2.24, 2.45) is 7.05 Å². The van der Waals surface area contributed by atoms with Gasteiger partial charge in [-0.15, -0.1) is 0 Å². The summed E-state index contributed by atoms with van der Waals surface area (Å²) in [7, 11) is 1.86. The molecule has 1 N–H and O–H groups in total. The Morgan fingerprint density at radius 1 is 1.26 bits per heavy atom. The highest BCUT2D eigenvalue weighted by atomic mass is 35.5. The Labute approximate surface area is 119 Å². The van der Waals surface area contributed by atoms with E-state index in [1.807, 2.05) is 14.0 Å². The zero-order valence-electron chi connectivity index (χ0n) is 11.9. The van der Waals surface area contributed by atoms with E-state index in [2.05, 4.69) is 48.5 Å². The van der Waals surface area contributed by atoms with E-state index in [4.69, 9.17) is 11.6 Å². The lowest BCUT2D eigenvalue weighted by atomic mass is 10.1. The van der Waals surface area contributed by atoms with Crippen LogP contribution in [0.5, 0.6) is 0 Å². The van der Waals surface area contributed by atoms with Crippen LogP contribution in [0.1, 0.15) is 35.3 Å². The smallest absolute Gasteiger partial charge is 0.131 e. The number of benzene rings is 1. The first kappa shape index (κ1) is 14.1. The predicted octanol–water partition coefficient (Wildman–Crippen LogP) is 3.54. The maximum Gasteiger partial charge on any atom is 0.131 e. The minimum atomic E-state index is 0.288. The monoisotopic (exact) mass is 277 g/mol. The second kappa shape index (κ2) is 5.76. The molecule has 4 heteroatoms. The average Bonchev–Trinajstić information content (AvgIpc) is 2.62. The van der Waals surface area contributed by atoms with E-state index in [0.717, 1.165) is 17.8 Å². The summed E-state index contributed by atoms with van der Waals surface area (Å²) >= 11 is 6.22. The van der Waals surface area contributed by atoms with Gasteiger partial charge in [0.2, 0.25) is 0 Å². The van der Waals surface area contributed by atoms with Crippen LogP contribution in [0.25, 0.3) is 0 Å². The van der Waals surface area contributed by atoms with E-state index in [0.29, 0.717) is 5.15 Å². The summed E-state index contributed by atoms with van der Waals surface area (Å²) in [6.07, 6.45) is 0. The van der Waals surface area contributed by atoms with Gasteiger partial charge in [0.25, 0.3) is 0 Å². The lowest BCUT2D eigenvalue weighted by Crippen LogP contribution is -2.18. The lowest BCUT2D eigenvalue weighted by Gasteiger charge is -2.14. The van der Waals surface area contributed by atoms with Gasteiger partial charge in [-0.25, -0.2) is 0 Å². The number of hydrogen-bond donors (Lipinski definition) is 1. The van der Waals surface area contributed by atoms with Gasteiger partial charge in [-0.05, 0) is 26.3 Å². The van der Waals surface area contributed by atoms with Gasteiger partial charge in [-0.2, -0.15) is 5.10 Å². The van der Waals surface area contributed by atoms with E-state index in [1.54, 1.807) is 4.68 Å². The molecule has 1 aromatic carbocycles. The summed E-state index contributed by atoms with van der Waals surface area (Å²) in [6, 6.07) is 8.87. The van der Waals surface area contributed by atoms with Crippen molar-refractivity contribution < 1.29 is 0 Å². The number of rotatable bonds is 4. The van der Waals surface area contributed by atoms with Gasteiger partial charge in [0.1, 0.15) is 5.15 Å². The molecule has 1 heterocycles. The Bertz CT molecular complexity index is 558. The maximum atomic E-state index is 6.22. The van der Waals surface area contributed by atoms with Crippen LogP contribution in [0.3, 0.4) is 0 Å². The van der Waals surface area contributed by atoms with Crippen molar-refractivity contribution in [3.05, 3.63) is 51.8 Å². The molecule has 0 radical (unpaired) electrons. The molecule has 2 aromatic rings. The number of halogens is 1. The van der Waals surface area contributed by atoms with E-state index in [9.17, 15) is 0 Å². The predicted molar refractivity (Wildman–Crippen MR) is 79.4 cm³/mol. The second-order valence-electron chi connectivity index (χ2n) is 4.99. The fraction of sp³-hybridized carbons (Fsp3) is 0.400. The Hall–Kier alpha value is -1.32. The van der Waals surface area contributed by atoms with E-state index < -0.39 is 0 Å². The molecule has 0 fully saturated rings. The van der Waals surface area contributed by atoms with Gasteiger partial charge in [0, 0.05) is 25.2 Å². The summed E-state index contributed by atoms with van der Waals surface area (Å²) < 4.78 is 1.71. The molecule has 0 saturated carbocycles. The number of nitrogens with zero attached hydrogens (tertiary/aromatic N) is 2. The van der Waals surface area contributed by atoms with Gasteiger partial charge < -0.3 is 5.32 Å². The summed E-state index contributed by atoms with van der Waals surface area (Å²) in [6.45, 7) is 6.97. The third kappa shape index (κ3) is 3.17. The highest BCUT2D eigenvalue weighted by Gasteiger charge is 2.12. The summed E-state index contributed by atoms with van der Waals surface area (Å²) in [5.74, 6) is 0. The molecule has 0 aliphatic rings. The van der Waals surface area contributed by atoms with Crippen LogP contribution < -0.4 is 5.32 Å². The lowest BCUT2D eigenvalue weighted by molar-refractivity contribution is 0.573. The number of nitrogens with one attached hydrogen (secondary N) is 1. The molecule has 2 rings (SSSR count). The SMILES string of the molecule is Cc1ccc(C(C)NCc2c(C)nn(C)c2Cl)cc1. The Kier molecular flexibility index (Phi) is 4.27. The van der Waals surface area contributed by atoms with Crippen molar-refractivity contribution in [3.63, 3.8) is 0 Å². The zero-order chi connectivity index (χ0) is 14.0. The number of aryl methyl sites for hydroxylation is 3. The largest absolute Gasteiger partial charge is 0.306 e. The highest BCUT2D eigenvalue weighted by Crippen LogP contribution is 2.20. The van der Waals surface area contributed by atoms with Crippen LogP contribution in [-0.2, 0) is 13.6 Å². The maximum absolute atomic E-state index is 6.22. The molecular formula is C15H20ClN3. The quantitative estimate of drug-likeness (QED) is 0.926. The highest BCUT2D eigenvalue weighted by molar-refractivity contribution is 6.30. The molecule has 0 aliphatic carbocycles. The van der Waals surface area contributed by atoms with Crippen molar-refractivity contribution in [1.29, 1.82) is 0 Å². The molecule has 0 saturated heterocycles. The molecule has 0 spiro atoms. The van der Waals surface area contributed by atoms with Crippen LogP contribution in [0.15, 0.2) is 24.3 Å². The minimum absolute atomic E-state index is 0.288. The molecule has 1 atom stereocenters. The second-order valence-corrected chi connectivity index (χ2v) is 5.35. The van der Waals surface area contributed by atoms with Gasteiger partial charge in [-0.3, -0.25) is 4.68 Å². The zero-order valence-corrected chi connectivity index (χ0v) is 12.6. The topological polar surface area (TPSA) is 29.9 Å². The summed E-state index contributed by atoms with van der Waals surface area (Å²) in [4.78, 5) is 0. The molecule has 1 aromatic heterocycles. The molecule has 19 heavy (non-hydrogen) atoms. The first-order valence-electron chi connectivity index (χ1n) is 6.47. The van der Waals surface area contributed by atoms with Crippen molar-refractivity contribution in [1.82, 2.24) is 15.1 Å². The van der Waals surface area contributed by atoms with Gasteiger partial charge in [0.15, 0.2) is 0 Å². The molecule has 102 valence electrons. The van der Waals surface area contributed by atoms with Crippen LogP contribution in [0.2, 0.25) is 5.15 Å². The van der Waals surface area contributed by atoms with Crippen molar-refractivity contribution in [2.45, 2.75) is 33.4 Å². The number of hydrogen-bond acceptors (Lipinski definition) is 2. The van der Waals surface area contributed by atoms with Gasteiger partial charge in [-0.1, -0.05) is 41.4 Å². The van der Waals surface area contributed by atoms with E-state index in [1.165, 1.54) is 11.1 Å². The van der Waals surface area contributed by atoms with Crippen LogP contribution in [0, 0.1) is 13.8 Å². The first-order valence-corrected chi connectivity index (χ1v) is 6.84. The fourth-order valence-corrected chi connectivity index (χ4v) is 2.34. The van der Waals surface area contributed by atoms with Crippen LogP contribution >= 0.6 is 11.6 Å². The normalized spacial score (nSPS) is 12.7. The first-order chi connectivity index (χ1) is 8.99. The summed E-state index contributed by atoms with van der Waals surface area (Å²) in [5, 5.41) is 8.52. The molecule has 3 nitrogen and oxygen atoms in total. The third-order valence-corrected chi connectivity index (χ3v) is 3.90. The molecule has 1 unspecified atom stereocenters. The molecule has 0 amide bonds. The molecule has 0 aliphatic heterocycles. The van der Waals surface area contributed by atoms with Crippen LogP contribution in [0.4, 0.5) is 0 Å². The Morgan fingerprint density at radius 3 is 2.42 bits per heavy atom. The molecule has 0 bridgehead atoms. The number of aromatic nitrogens is 2. The Balaban J connectivity index is 2.04. The van der Waals surface area contributed by atoms with Gasteiger partial charge >= 0.3 is 0 Å². The fourth-order valence-electron chi connectivity index (χ4n) is 2.10. The standard InChI is InChI=1S/C15H20ClN3/c1-10-5-7-13(8-6-10)11(2)17-9-14-12(3)18-19(4)15(14)16/h5-8,11,17H,9H2,1-4H3. The van der Waals surface area contributed by atoms with E-state index >= 15 is 0 Å². The van der Waals surface area contributed by atoms with Gasteiger partial charge in [0.05, 0.1) is 5.69 Å².